The molecular formula is C21H25FN4O2. The Bertz CT molecular complexity index is 932. The summed E-state index contributed by atoms with van der Waals surface area (Å²) in [5, 5.41) is 12.9. The van der Waals surface area contributed by atoms with E-state index in [0.717, 1.165) is 18.4 Å². The number of rotatable bonds is 2. The van der Waals surface area contributed by atoms with Crippen molar-refractivity contribution in [3.63, 3.8) is 0 Å². The molecule has 2 heterocycles. The highest BCUT2D eigenvalue weighted by Gasteiger charge is 2.29. The highest BCUT2D eigenvalue weighted by atomic mass is 19.1. The molecule has 3 rings (SSSR count). The average Bonchev–Trinajstić information content (AvgIpc) is 2.58. The zero-order valence-corrected chi connectivity index (χ0v) is 16.6. The number of anilines is 1. The first kappa shape index (κ1) is 19.9. The second-order valence-electron chi connectivity index (χ2n) is 8.35. The minimum absolute atomic E-state index is 0.0483. The lowest BCUT2D eigenvalue weighted by Crippen LogP contribution is -2.51. The van der Waals surface area contributed by atoms with Gasteiger partial charge in [0.2, 0.25) is 0 Å². The highest BCUT2D eigenvalue weighted by molar-refractivity contribution is 5.95. The number of alkyl carbamates (subject to hydrolysis) is 1. The Labute approximate surface area is 164 Å². The third kappa shape index (κ3) is 4.33. The minimum Gasteiger partial charge on any atom is -0.444 e. The predicted molar refractivity (Wildman–Crippen MR) is 106 cm³/mol. The molecule has 0 radical (unpaired) electrons. The Hall–Kier alpha value is -2.88. The monoisotopic (exact) mass is 384 g/mol. The molecule has 0 saturated carbocycles. The topological polar surface area (TPSA) is 78.2 Å². The van der Waals surface area contributed by atoms with Gasteiger partial charge in [-0.15, -0.1) is 0 Å². The first-order valence-electron chi connectivity index (χ1n) is 9.39. The summed E-state index contributed by atoms with van der Waals surface area (Å²) in [7, 11) is 0. The van der Waals surface area contributed by atoms with Gasteiger partial charge in [-0.1, -0.05) is 6.92 Å². The number of fused-ring (bicyclic) bond motifs is 1. The SMILES string of the molecule is C[C@H]1C[C@@H](NC(=O)OC(C)(C)C)CN(c2cc(F)c(C#N)c3ncccc23)C1. The van der Waals surface area contributed by atoms with Crippen molar-refractivity contribution in [3.8, 4) is 6.07 Å². The quantitative estimate of drug-likeness (QED) is 0.847. The number of carbonyl (C=O) groups is 1. The molecule has 1 saturated heterocycles. The molecule has 6 nitrogen and oxygen atoms in total. The van der Waals surface area contributed by atoms with Crippen LogP contribution in [0, 0.1) is 23.1 Å². The molecule has 1 aliphatic heterocycles. The summed E-state index contributed by atoms with van der Waals surface area (Å²) >= 11 is 0. The van der Waals surface area contributed by atoms with Gasteiger partial charge in [0, 0.05) is 36.4 Å². The second kappa shape index (κ2) is 7.63. The number of pyridine rings is 1. The van der Waals surface area contributed by atoms with E-state index in [1.165, 1.54) is 6.07 Å². The van der Waals surface area contributed by atoms with E-state index in [-0.39, 0.29) is 11.6 Å². The number of piperidine rings is 1. The van der Waals surface area contributed by atoms with Crippen LogP contribution in [0.15, 0.2) is 24.4 Å². The van der Waals surface area contributed by atoms with Crippen LogP contribution < -0.4 is 10.2 Å². The molecule has 2 aromatic rings. The number of hydrogen-bond donors (Lipinski definition) is 1. The number of nitrogens with zero attached hydrogens (tertiary/aromatic N) is 3. The standard InChI is InChI=1S/C21H25FN4O2/c1-13-8-14(25-20(27)28-21(2,3)4)12-26(11-13)18-9-17(22)16(10-23)19-15(18)6-5-7-24-19/h5-7,9,13-14H,8,11-12H2,1-4H3,(H,25,27)/t13-,14+/m0/s1. The largest absolute Gasteiger partial charge is 0.444 e. The van der Waals surface area contributed by atoms with Gasteiger partial charge in [-0.05, 0) is 51.3 Å². The van der Waals surface area contributed by atoms with E-state index in [1.807, 2.05) is 37.8 Å². The lowest BCUT2D eigenvalue weighted by molar-refractivity contribution is 0.0495. The van der Waals surface area contributed by atoms with Gasteiger partial charge in [-0.25, -0.2) is 9.18 Å². The van der Waals surface area contributed by atoms with E-state index in [0.29, 0.717) is 23.7 Å². The van der Waals surface area contributed by atoms with E-state index in [9.17, 15) is 14.4 Å². The molecule has 0 bridgehead atoms. The molecule has 2 atom stereocenters. The van der Waals surface area contributed by atoms with Crippen LogP contribution in [0.2, 0.25) is 0 Å². The molecule has 148 valence electrons. The van der Waals surface area contributed by atoms with Crippen molar-refractivity contribution in [3.05, 3.63) is 35.8 Å². The smallest absolute Gasteiger partial charge is 0.407 e. The lowest BCUT2D eigenvalue weighted by Gasteiger charge is -2.39. The average molecular weight is 384 g/mol. The van der Waals surface area contributed by atoms with Gasteiger partial charge in [0.05, 0.1) is 5.52 Å². The molecule has 1 aromatic heterocycles. The molecule has 1 amide bonds. The Morgan fingerprint density at radius 3 is 2.86 bits per heavy atom. The van der Waals surface area contributed by atoms with Crippen molar-refractivity contribution >= 4 is 22.7 Å². The predicted octanol–water partition coefficient (Wildman–Crippen LogP) is 3.99. The fourth-order valence-corrected chi connectivity index (χ4v) is 3.69. The zero-order chi connectivity index (χ0) is 20.5. The number of halogens is 1. The van der Waals surface area contributed by atoms with Crippen LogP contribution in [-0.2, 0) is 4.74 Å². The number of amides is 1. The Morgan fingerprint density at radius 1 is 1.43 bits per heavy atom. The highest BCUT2D eigenvalue weighted by Crippen LogP contribution is 2.33. The molecule has 1 N–H and O–H groups in total. The summed E-state index contributed by atoms with van der Waals surface area (Å²) in [6.45, 7) is 8.81. The third-order valence-corrected chi connectivity index (χ3v) is 4.66. The summed E-state index contributed by atoms with van der Waals surface area (Å²) in [6, 6.07) is 6.79. The van der Waals surface area contributed by atoms with Crippen LogP contribution in [-0.4, -0.2) is 35.8 Å². The Balaban J connectivity index is 1.89. The van der Waals surface area contributed by atoms with Gasteiger partial charge in [-0.3, -0.25) is 4.98 Å². The molecule has 0 aliphatic carbocycles. The lowest BCUT2D eigenvalue weighted by atomic mass is 9.94. The first-order valence-corrected chi connectivity index (χ1v) is 9.39. The van der Waals surface area contributed by atoms with Crippen LogP contribution in [0.4, 0.5) is 14.9 Å². The summed E-state index contributed by atoms with van der Waals surface area (Å²) in [5.74, 6) is -0.294. The van der Waals surface area contributed by atoms with Crippen molar-refractivity contribution in [2.75, 3.05) is 18.0 Å². The number of benzene rings is 1. The van der Waals surface area contributed by atoms with Crippen molar-refractivity contribution in [1.82, 2.24) is 10.3 Å². The van der Waals surface area contributed by atoms with E-state index >= 15 is 0 Å². The number of nitrogens with one attached hydrogen (secondary N) is 1. The maximum Gasteiger partial charge on any atom is 0.407 e. The van der Waals surface area contributed by atoms with Crippen molar-refractivity contribution in [1.29, 1.82) is 5.26 Å². The van der Waals surface area contributed by atoms with Gasteiger partial charge in [0.15, 0.2) is 0 Å². The van der Waals surface area contributed by atoms with Crippen LogP contribution in [0.1, 0.15) is 39.7 Å². The maximum absolute atomic E-state index is 14.5. The van der Waals surface area contributed by atoms with Crippen molar-refractivity contribution in [2.45, 2.75) is 45.8 Å². The van der Waals surface area contributed by atoms with Crippen LogP contribution in [0.3, 0.4) is 0 Å². The van der Waals surface area contributed by atoms with E-state index in [1.54, 1.807) is 12.3 Å². The molecule has 1 aliphatic rings. The van der Waals surface area contributed by atoms with Crippen LogP contribution >= 0.6 is 0 Å². The van der Waals surface area contributed by atoms with Gasteiger partial charge in [0.1, 0.15) is 23.1 Å². The molecule has 7 heteroatoms. The first-order chi connectivity index (χ1) is 13.2. The molecular weight excluding hydrogens is 359 g/mol. The Kier molecular flexibility index (Phi) is 5.41. The second-order valence-corrected chi connectivity index (χ2v) is 8.35. The summed E-state index contributed by atoms with van der Waals surface area (Å²) in [5.41, 5.74) is 0.423. The fraction of sp³-hybridized carbons (Fsp3) is 0.476. The van der Waals surface area contributed by atoms with E-state index in [4.69, 9.17) is 4.74 Å². The van der Waals surface area contributed by atoms with Crippen molar-refractivity contribution < 1.29 is 13.9 Å². The summed E-state index contributed by atoms with van der Waals surface area (Å²) in [6.07, 6.45) is 1.91. The number of aromatic nitrogens is 1. The molecule has 0 unspecified atom stereocenters. The fourth-order valence-electron chi connectivity index (χ4n) is 3.69. The Morgan fingerprint density at radius 2 is 2.18 bits per heavy atom. The number of nitriles is 1. The van der Waals surface area contributed by atoms with Crippen LogP contribution in [0.5, 0.6) is 0 Å². The van der Waals surface area contributed by atoms with Crippen LogP contribution in [0.25, 0.3) is 10.9 Å². The molecule has 1 aromatic carbocycles. The van der Waals surface area contributed by atoms with Gasteiger partial charge in [-0.2, -0.15) is 5.26 Å². The molecule has 1 fully saturated rings. The van der Waals surface area contributed by atoms with Gasteiger partial charge >= 0.3 is 6.09 Å². The zero-order valence-electron chi connectivity index (χ0n) is 16.6. The summed E-state index contributed by atoms with van der Waals surface area (Å²) < 4.78 is 19.9. The van der Waals surface area contributed by atoms with E-state index in [2.05, 4.69) is 17.2 Å². The summed E-state index contributed by atoms with van der Waals surface area (Å²) in [4.78, 5) is 18.4. The van der Waals surface area contributed by atoms with Crippen molar-refractivity contribution in [2.24, 2.45) is 5.92 Å². The number of carbonyl (C=O) groups excluding carboxylic acids is 1. The molecule has 28 heavy (non-hydrogen) atoms. The number of hydrogen-bond acceptors (Lipinski definition) is 5. The maximum atomic E-state index is 14.5. The van der Waals surface area contributed by atoms with E-state index < -0.39 is 17.5 Å². The van der Waals surface area contributed by atoms with Gasteiger partial charge in [0.25, 0.3) is 0 Å². The molecule has 0 spiro atoms. The minimum atomic E-state index is -0.585. The number of ether oxygens (including phenoxy) is 1. The normalized spacial score (nSPS) is 19.9. The third-order valence-electron chi connectivity index (χ3n) is 4.66. The van der Waals surface area contributed by atoms with Gasteiger partial charge < -0.3 is 15.0 Å².